The number of likely N-dealkylation sites (N-methyl/N-ethyl adjacent to an activating group) is 3. The lowest BCUT2D eigenvalue weighted by molar-refractivity contribution is 0.0240. The van der Waals surface area contributed by atoms with E-state index in [2.05, 4.69) is 57.0 Å². The fourth-order valence-corrected chi connectivity index (χ4v) is 3.23. The van der Waals surface area contributed by atoms with Crippen molar-refractivity contribution < 1.29 is 0 Å². The maximum absolute atomic E-state index is 3.66. The molecule has 19 heavy (non-hydrogen) atoms. The Kier molecular flexibility index (Phi) is 6.78. The Morgan fingerprint density at radius 1 is 1.16 bits per heavy atom. The molecule has 0 bridgehead atoms. The molecule has 2 unspecified atom stereocenters. The Bertz CT molecular complexity index is 248. The van der Waals surface area contributed by atoms with Crippen molar-refractivity contribution in [1.82, 2.24) is 15.1 Å². The Hall–Kier alpha value is -0.120. The van der Waals surface area contributed by atoms with E-state index >= 15 is 0 Å². The van der Waals surface area contributed by atoms with Crippen molar-refractivity contribution >= 4 is 0 Å². The van der Waals surface area contributed by atoms with E-state index in [0.717, 1.165) is 12.5 Å². The molecule has 0 amide bonds. The van der Waals surface area contributed by atoms with E-state index in [-0.39, 0.29) is 0 Å². The van der Waals surface area contributed by atoms with Crippen LogP contribution in [0.4, 0.5) is 0 Å². The maximum atomic E-state index is 3.66. The lowest BCUT2D eigenvalue weighted by Crippen LogP contribution is -2.58. The standard InChI is InChI=1S/C16H35N3/c1-7-14(3)15(17-8-2)12-19(6)13-16(18(4)5)10-9-11-16/h14-15,17H,7-13H2,1-6H3. The largest absolute Gasteiger partial charge is 0.313 e. The van der Waals surface area contributed by atoms with Crippen LogP contribution in [-0.2, 0) is 0 Å². The van der Waals surface area contributed by atoms with Gasteiger partial charge in [0.15, 0.2) is 0 Å². The summed E-state index contributed by atoms with van der Waals surface area (Å²) in [7, 11) is 6.77. The molecule has 3 heteroatoms. The molecule has 1 aliphatic rings. The van der Waals surface area contributed by atoms with Crippen molar-refractivity contribution in [3.8, 4) is 0 Å². The summed E-state index contributed by atoms with van der Waals surface area (Å²) in [6.07, 6.45) is 5.37. The number of hydrogen-bond acceptors (Lipinski definition) is 3. The molecule has 0 radical (unpaired) electrons. The average molecular weight is 269 g/mol. The first-order chi connectivity index (χ1) is 8.95. The average Bonchev–Trinajstić information content (AvgIpc) is 2.31. The first kappa shape index (κ1) is 16.9. The van der Waals surface area contributed by atoms with Crippen molar-refractivity contribution in [3.63, 3.8) is 0 Å². The first-order valence-corrected chi connectivity index (χ1v) is 8.04. The summed E-state index contributed by atoms with van der Waals surface area (Å²) in [5.41, 5.74) is 0.445. The predicted octanol–water partition coefficient (Wildman–Crippen LogP) is 2.43. The Labute approximate surface area is 120 Å². The van der Waals surface area contributed by atoms with Gasteiger partial charge in [0.2, 0.25) is 0 Å². The first-order valence-electron chi connectivity index (χ1n) is 8.04. The molecular weight excluding hydrogens is 234 g/mol. The van der Waals surface area contributed by atoms with Gasteiger partial charge in [-0.05, 0) is 52.9 Å². The van der Waals surface area contributed by atoms with E-state index < -0.39 is 0 Å². The van der Waals surface area contributed by atoms with E-state index in [1.807, 2.05) is 0 Å². The van der Waals surface area contributed by atoms with Crippen molar-refractivity contribution in [2.24, 2.45) is 5.92 Å². The number of nitrogens with zero attached hydrogens (tertiary/aromatic N) is 2. The molecule has 1 fully saturated rings. The lowest BCUT2D eigenvalue weighted by atomic mass is 9.75. The Morgan fingerprint density at radius 3 is 2.16 bits per heavy atom. The van der Waals surface area contributed by atoms with Crippen LogP contribution in [0.25, 0.3) is 0 Å². The molecule has 1 aliphatic carbocycles. The van der Waals surface area contributed by atoms with E-state index in [1.165, 1.54) is 38.8 Å². The van der Waals surface area contributed by atoms with Crippen LogP contribution in [0.2, 0.25) is 0 Å². The minimum absolute atomic E-state index is 0.445. The highest BCUT2D eigenvalue weighted by atomic mass is 15.2. The van der Waals surface area contributed by atoms with Crippen LogP contribution >= 0.6 is 0 Å². The van der Waals surface area contributed by atoms with Crippen LogP contribution < -0.4 is 5.32 Å². The van der Waals surface area contributed by atoms with Gasteiger partial charge in [0, 0.05) is 24.7 Å². The van der Waals surface area contributed by atoms with Crippen LogP contribution in [0.3, 0.4) is 0 Å². The van der Waals surface area contributed by atoms with Crippen molar-refractivity contribution in [2.45, 2.75) is 58.0 Å². The van der Waals surface area contributed by atoms with E-state index in [4.69, 9.17) is 0 Å². The summed E-state index contributed by atoms with van der Waals surface area (Å²) in [4.78, 5) is 4.98. The summed E-state index contributed by atoms with van der Waals surface area (Å²) < 4.78 is 0. The highest BCUT2D eigenvalue weighted by Gasteiger charge is 2.40. The molecule has 0 aromatic heterocycles. The molecule has 1 rings (SSSR count). The van der Waals surface area contributed by atoms with Gasteiger partial charge < -0.3 is 15.1 Å². The highest BCUT2D eigenvalue weighted by Crippen LogP contribution is 2.36. The molecule has 114 valence electrons. The molecule has 0 aromatic rings. The fourth-order valence-electron chi connectivity index (χ4n) is 3.23. The molecule has 1 saturated carbocycles. The summed E-state index contributed by atoms with van der Waals surface area (Å²) in [5.74, 6) is 0.749. The second-order valence-corrected chi connectivity index (χ2v) is 6.72. The van der Waals surface area contributed by atoms with Crippen molar-refractivity contribution in [1.29, 1.82) is 0 Å². The van der Waals surface area contributed by atoms with E-state index in [9.17, 15) is 0 Å². The fraction of sp³-hybridized carbons (Fsp3) is 1.00. The van der Waals surface area contributed by atoms with Crippen LogP contribution in [0, 0.1) is 5.92 Å². The molecule has 0 aliphatic heterocycles. The second kappa shape index (κ2) is 7.61. The summed E-state index contributed by atoms with van der Waals surface area (Å²) in [6.45, 7) is 10.3. The van der Waals surface area contributed by atoms with Crippen LogP contribution in [0.15, 0.2) is 0 Å². The topological polar surface area (TPSA) is 18.5 Å². The molecule has 0 spiro atoms. The highest BCUT2D eigenvalue weighted by molar-refractivity contribution is 4.98. The third-order valence-electron chi connectivity index (χ3n) is 5.10. The zero-order valence-corrected chi connectivity index (χ0v) is 14.0. The monoisotopic (exact) mass is 269 g/mol. The van der Waals surface area contributed by atoms with Gasteiger partial charge in [0.25, 0.3) is 0 Å². The van der Waals surface area contributed by atoms with Crippen molar-refractivity contribution in [2.75, 3.05) is 40.8 Å². The Morgan fingerprint density at radius 2 is 1.79 bits per heavy atom. The third-order valence-corrected chi connectivity index (χ3v) is 5.10. The van der Waals surface area contributed by atoms with Gasteiger partial charge in [-0.15, -0.1) is 0 Å². The quantitative estimate of drug-likeness (QED) is 0.693. The van der Waals surface area contributed by atoms with Crippen LogP contribution in [0.5, 0.6) is 0 Å². The molecule has 2 atom stereocenters. The smallest absolute Gasteiger partial charge is 0.0330 e. The normalized spacial score (nSPS) is 21.5. The predicted molar refractivity (Wildman–Crippen MR) is 84.7 cm³/mol. The van der Waals surface area contributed by atoms with Crippen molar-refractivity contribution in [3.05, 3.63) is 0 Å². The zero-order valence-electron chi connectivity index (χ0n) is 14.0. The number of nitrogens with one attached hydrogen (secondary N) is 1. The molecule has 1 N–H and O–H groups in total. The van der Waals surface area contributed by atoms with Crippen LogP contribution in [-0.4, -0.2) is 62.2 Å². The molecule has 3 nitrogen and oxygen atoms in total. The lowest BCUT2D eigenvalue weighted by Gasteiger charge is -2.49. The second-order valence-electron chi connectivity index (χ2n) is 6.72. The number of rotatable bonds is 9. The van der Waals surface area contributed by atoms with Gasteiger partial charge in [-0.2, -0.15) is 0 Å². The molecule has 0 aromatic carbocycles. The van der Waals surface area contributed by atoms with Crippen LogP contribution in [0.1, 0.15) is 46.5 Å². The summed E-state index contributed by atoms with van der Waals surface area (Å²) in [6, 6.07) is 0.624. The van der Waals surface area contributed by atoms with Gasteiger partial charge in [0.1, 0.15) is 0 Å². The third kappa shape index (κ3) is 4.44. The van der Waals surface area contributed by atoms with Gasteiger partial charge in [-0.3, -0.25) is 0 Å². The molecule has 0 heterocycles. The minimum Gasteiger partial charge on any atom is -0.313 e. The molecule has 0 saturated heterocycles. The maximum Gasteiger partial charge on any atom is 0.0330 e. The van der Waals surface area contributed by atoms with Gasteiger partial charge >= 0.3 is 0 Å². The minimum atomic E-state index is 0.445. The Balaban J connectivity index is 2.49. The van der Waals surface area contributed by atoms with Gasteiger partial charge in [0.05, 0.1) is 0 Å². The summed E-state index contributed by atoms with van der Waals surface area (Å²) >= 11 is 0. The van der Waals surface area contributed by atoms with Gasteiger partial charge in [-0.1, -0.05) is 27.2 Å². The van der Waals surface area contributed by atoms with Gasteiger partial charge in [-0.25, -0.2) is 0 Å². The molecular formula is C16H35N3. The zero-order chi connectivity index (χ0) is 14.5. The number of hydrogen-bond donors (Lipinski definition) is 1. The van der Waals surface area contributed by atoms with E-state index in [1.54, 1.807) is 0 Å². The SMILES string of the molecule is CCNC(CN(C)CC1(N(C)C)CCC1)C(C)CC. The van der Waals surface area contributed by atoms with E-state index in [0.29, 0.717) is 11.6 Å². The summed E-state index contributed by atoms with van der Waals surface area (Å²) in [5, 5.41) is 3.66.